The van der Waals surface area contributed by atoms with Crippen LogP contribution in [0.2, 0.25) is 0 Å². The van der Waals surface area contributed by atoms with Crippen LogP contribution in [0.25, 0.3) is 0 Å². The minimum atomic E-state index is -0.259. The Morgan fingerprint density at radius 2 is 1.90 bits per heavy atom. The summed E-state index contributed by atoms with van der Waals surface area (Å²) in [5.41, 5.74) is 7.96. The number of hydrogen-bond acceptors (Lipinski definition) is 3. The van der Waals surface area contributed by atoms with E-state index in [4.69, 9.17) is 10.5 Å². The average molecular weight is 274 g/mol. The summed E-state index contributed by atoms with van der Waals surface area (Å²) < 4.78 is 18.3. The van der Waals surface area contributed by atoms with E-state index in [1.54, 1.807) is 13.2 Å². The van der Waals surface area contributed by atoms with Gasteiger partial charge in [-0.25, -0.2) is 4.39 Å². The van der Waals surface area contributed by atoms with Crippen LogP contribution < -0.4 is 15.4 Å². The maximum Gasteiger partial charge on any atom is 0.123 e. The summed E-state index contributed by atoms with van der Waals surface area (Å²) in [5, 5.41) is 0. The predicted molar refractivity (Wildman–Crippen MR) is 79.6 cm³/mol. The van der Waals surface area contributed by atoms with Gasteiger partial charge >= 0.3 is 0 Å². The highest BCUT2D eigenvalue weighted by Gasteiger charge is 2.10. The number of halogens is 1. The fourth-order valence-corrected chi connectivity index (χ4v) is 2.08. The van der Waals surface area contributed by atoms with Crippen LogP contribution in [0.1, 0.15) is 11.6 Å². The Kier molecular flexibility index (Phi) is 4.58. The van der Waals surface area contributed by atoms with Crippen LogP contribution in [-0.4, -0.2) is 20.7 Å². The number of nitrogens with zero attached hydrogens (tertiary/aromatic N) is 1. The van der Waals surface area contributed by atoms with E-state index in [1.165, 1.54) is 12.1 Å². The second-order valence-corrected chi connectivity index (χ2v) is 4.74. The zero-order valence-electron chi connectivity index (χ0n) is 11.7. The topological polar surface area (TPSA) is 38.5 Å². The van der Waals surface area contributed by atoms with Crippen molar-refractivity contribution in [3.05, 3.63) is 59.9 Å². The van der Waals surface area contributed by atoms with Gasteiger partial charge in [-0.1, -0.05) is 12.1 Å². The molecule has 3 nitrogen and oxygen atoms in total. The van der Waals surface area contributed by atoms with Crippen molar-refractivity contribution in [3.63, 3.8) is 0 Å². The number of likely N-dealkylation sites (N-methyl/N-ethyl adjacent to an activating group) is 1. The molecule has 2 N–H and O–H groups in total. The lowest BCUT2D eigenvalue weighted by atomic mass is 10.1. The van der Waals surface area contributed by atoms with Gasteiger partial charge in [-0.2, -0.15) is 0 Å². The molecular formula is C16H19FN2O. The quantitative estimate of drug-likeness (QED) is 0.911. The molecule has 0 aliphatic rings. The third kappa shape index (κ3) is 3.48. The van der Waals surface area contributed by atoms with E-state index in [0.29, 0.717) is 6.54 Å². The minimum absolute atomic E-state index is 0.238. The van der Waals surface area contributed by atoms with Gasteiger partial charge in [0.1, 0.15) is 11.6 Å². The summed E-state index contributed by atoms with van der Waals surface area (Å²) in [6.45, 7) is 0.607. The first kappa shape index (κ1) is 14.3. The van der Waals surface area contributed by atoms with Gasteiger partial charge in [0.15, 0.2) is 0 Å². The van der Waals surface area contributed by atoms with E-state index in [0.717, 1.165) is 17.0 Å². The summed E-state index contributed by atoms with van der Waals surface area (Å²) in [6.07, 6.45) is 0. The molecule has 4 heteroatoms. The molecule has 0 spiro atoms. The van der Waals surface area contributed by atoms with Crippen molar-refractivity contribution in [1.82, 2.24) is 0 Å². The summed E-state index contributed by atoms with van der Waals surface area (Å²) in [4.78, 5) is 2.04. The molecule has 0 fully saturated rings. The van der Waals surface area contributed by atoms with Gasteiger partial charge < -0.3 is 15.4 Å². The predicted octanol–water partition coefficient (Wildman–Crippen LogP) is 2.97. The van der Waals surface area contributed by atoms with E-state index in [1.807, 2.05) is 42.3 Å². The van der Waals surface area contributed by atoms with Crippen LogP contribution in [0.3, 0.4) is 0 Å². The lowest BCUT2D eigenvalue weighted by Gasteiger charge is -2.24. The molecule has 106 valence electrons. The Morgan fingerprint density at radius 3 is 2.50 bits per heavy atom. The lowest BCUT2D eigenvalue weighted by molar-refractivity contribution is 0.415. The highest BCUT2D eigenvalue weighted by Crippen LogP contribution is 2.20. The molecule has 0 saturated heterocycles. The maximum absolute atomic E-state index is 13.2. The molecule has 0 bridgehead atoms. The molecule has 1 atom stereocenters. The molecule has 0 radical (unpaired) electrons. The molecule has 0 aliphatic heterocycles. The van der Waals surface area contributed by atoms with Crippen molar-refractivity contribution in [2.75, 3.05) is 25.6 Å². The molecule has 0 heterocycles. The second kappa shape index (κ2) is 6.39. The monoisotopic (exact) mass is 274 g/mol. The Morgan fingerprint density at radius 1 is 1.20 bits per heavy atom. The standard InChI is InChI=1S/C16H19FN2O/c1-19(14-6-8-15(20-2)9-7-14)11-16(18)12-4-3-5-13(17)10-12/h3-10,16H,11,18H2,1-2H3. The third-order valence-corrected chi connectivity index (χ3v) is 3.26. The first-order valence-electron chi connectivity index (χ1n) is 6.46. The Balaban J connectivity index is 2.04. The molecule has 0 aliphatic carbocycles. The molecule has 2 aromatic carbocycles. The molecule has 2 rings (SSSR count). The van der Waals surface area contributed by atoms with Gasteiger partial charge in [-0.15, -0.1) is 0 Å². The van der Waals surface area contributed by atoms with Crippen LogP contribution in [0.5, 0.6) is 5.75 Å². The highest BCUT2D eigenvalue weighted by molar-refractivity contribution is 5.48. The fourth-order valence-electron chi connectivity index (χ4n) is 2.08. The van der Waals surface area contributed by atoms with E-state index < -0.39 is 0 Å². The van der Waals surface area contributed by atoms with Crippen molar-refractivity contribution < 1.29 is 9.13 Å². The Bertz CT molecular complexity index is 557. The van der Waals surface area contributed by atoms with Gasteiger partial charge in [-0.05, 0) is 42.0 Å². The number of hydrogen-bond donors (Lipinski definition) is 1. The SMILES string of the molecule is COc1ccc(N(C)CC(N)c2cccc(F)c2)cc1. The van der Waals surface area contributed by atoms with Crippen LogP contribution in [0, 0.1) is 5.82 Å². The number of rotatable bonds is 5. The number of benzene rings is 2. The van der Waals surface area contributed by atoms with Crippen molar-refractivity contribution in [1.29, 1.82) is 0 Å². The molecule has 0 aromatic heterocycles. The van der Waals surface area contributed by atoms with Crippen molar-refractivity contribution >= 4 is 5.69 Å². The smallest absolute Gasteiger partial charge is 0.123 e. The third-order valence-electron chi connectivity index (χ3n) is 3.26. The average Bonchev–Trinajstić information content (AvgIpc) is 2.47. The zero-order chi connectivity index (χ0) is 14.5. The van der Waals surface area contributed by atoms with Crippen LogP contribution >= 0.6 is 0 Å². The zero-order valence-corrected chi connectivity index (χ0v) is 11.7. The second-order valence-electron chi connectivity index (χ2n) is 4.74. The van der Waals surface area contributed by atoms with E-state index in [2.05, 4.69) is 0 Å². The van der Waals surface area contributed by atoms with Gasteiger partial charge in [0.05, 0.1) is 7.11 Å². The van der Waals surface area contributed by atoms with Crippen LogP contribution in [0.4, 0.5) is 10.1 Å². The first-order chi connectivity index (χ1) is 9.60. The Hall–Kier alpha value is -2.07. The number of anilines is 1. The van der Waals surface area contributed by atoms with Crippen molar-refractivity contribution in [2.45, 2.75) is 6.04 Å². The van der Waals surface area contributed by atoms with E-state index >= 15 is 0 Å². The minimum Gasteiger partial charge on any atom is -0.497 e. The summed E-state index contributed by atoms with van der Waals surface area (Å²) >= 11 is 0. The van der Waals surface area contributed by atoms with Gasteiger partial charge in [0.25, 0.3) is 0 Å². The van der Waals surface area contributed by atoms with Crippen LogP contribution in [-0.2, 0) is 0 Å². The van der Waals surface area contributed by atoms with Crippen LogP contribution in [0.15, 0.2) is 48.5 Å². The number of nitrogens with two attached hydrogens (primary N) is 1. The summed E-state index contributed by atoms with van der Waals surface area (Å²) in [5.74, 6) is 0.557. The lowest BCUT2D eigenvalue weighted by Crippen LogP contribution is -2.28. The molecule has 1 unspecified atom stereocenters. The van der Waals surface area contributed by atoms with E-state index in [-0.39, 0.29) is 11.9 Å². The molecule has 0 amide bonds. The molecule has 2 aromatic rings. The number of methoxy groups -OCH3 is 1. The summed E-state index contributed by atoms with van der Waals surface area (Å²) in [6, 6.07) is 13.9. The first-order valence-corrected chi connectivity index (χ1v) is 6.46. The largest absolute Gasteiger partial charge is 0.497 e. The molecule has 0 saturated carbocycles. The normalized spacial score (nSPS) is 12.0. The van der Waals surface area contributed by atoms with Gasteiger partial charge in [-0.3, -0.25) is 0 Å². The maximum atomic E-state index is 13.2. The molecule has 20 heavy (non-hydrogen) atoms. The molecular weight excluding hydrogens is 255 g/mol. The van der Waals surface area contributed by atoms with Gasteiger partial charge in [0.2, 0.25) is 0 Å². The van der Waals surface area contributed by atoms with E-state index in [9.17, 15) is 4.39 Å². The van der Waals surface area contributed by atoms with Crippen molar-refractivity contribution in [3.8, 4) is 5.75 Å². The highest BCUT2D eigenvalue weighted by atomic mass is 19.1. The Labute approximate surface area is 118 Å². The fraction of sp³-hybridized carbons (Fsp3) is 0.250. The van der Waals surface area contributed by atoms with Gasteiger partial charge in [0, 0.05) is 25.3 Å². The number of ether oxygens (including phenoxy) is 1. The summed E-state index contributed by atoms with van der Waals surface area (Å²) in [7, 11) is 3.60. The van der Waals surface area contributed by atoms with Crippen molar-refractivity contribution in [2.24, 2.45) is 5.73 Å².